The fraction of sp³-hybridized carbons (Fsp3) is 0.333. The number of tetrazole rings is 1. The minimum Gasteiger partial charge on any atom is -0.497 e. The van der Waals surface area contributed by atoms with E-state index in [1.54, 1.807) is 30.2 Å². The Labute approximate surface area is 183 Å². The molecule has 3 aromatic rings. The Morgan fingerprint density at radius 1 is 1.00 bits per heavy atom. The van der Waals surface area contributed by atoms with Gasteiger partial charge in [0.15, 0.2) is 17.5 Å². The molecule has 1 fully saturated rings. The maximum Gasteiger partial charge on any atom is 0.257 e. The number of carbonyl (C=O) groups is 1. The molecule has 2 heterocycles. The molecule has 1 saturated heterocycles. The van der Waals surface area contributed by atoms with Gasteiger partial charge in [0.1, 0.15) is 11.5 Å². The van der Waals surface area contributed by atoms with Crippen molar-refractivity contribution in [3.8, 4) is 17.2 Å². The standard InChI is InChI=1S/C21H22F2N6O3/c1-31-15-4-5-16(19(12-15)32-2)21(30)28-9-7-27(8-10-28)13-20-24-25-26-29(20)14-3-6-17(22)18(23)11-14/h3-6,11-12H,7-10,13H2,1-2H3. The molecule has 0 radical (unpaired) electrons. The van der Waals surface area contributed by atoms with Gasteiger partial charge in [-0.15, -0.1) is 5.10 Å². The van der Waals surface area contributed by atoms with Crippen molar-refractivity contribution in [1.29, 1.82) is 0 Å². The topological polar surface area (TPSA) is 85.6 Å². The van der Waals surface area contributed by atoms with Crippen molar-refractivity contribution in [3.05, 3.63) is 59.4 Å². The molecule has 0 spiro atoms. The monoisotopic (exact) mass is 444 g/mol. The second kappa shape index (κ2) is 9.27. The lowest BCUT2D eigenvalue weighted by molar-refractivity contribution is 0.0621. The first-order valence-corrected chi connectivity index (χ1v) is 9.96. The van der Waals surface area contributed by atoms with Gasteiger partial charge in [-0.3, -0.25) is 9.69 Å². The van der Waals surface area contributed by atoms with E-state index >= 15 is 0 Å². The molecule has 0 unspecified atom stereocenters. The fourth-order valence-electron chi connectivity index (χ4n) is 3.58. The zero-order valence-electron chi connectivity index (χ0n) is 17.7. The maximum absolute atomic E-state index is 13.6. The highest BCUT2D eigenvalue weighted by Crippen LogP contribution is 2.26. The number of hydrogen-bond donors (Lipinski definition) is 0. The van der Waals surface area contributed by atoms with Gasteiger partial charge < -0.3 is 14.4 Å². The Kier molecular flexibility index (Phi) is 6.26. The minimum atomic E-state index is -0.968. The average molecular weight is 444 g/mol. The lowest BCUT2D eigenvalue weighted by Crippen LogP contribution is -2.48. The van der Waals surface area contributed by atoms with Crippen molar-refractivity contribution in [2.75, 3.05) is 40.4 Å². The molecule has 2 aromatic carbocycles. The van der Waals surface area contributed by atoms with Crippen molar-refractivity contribution >= 4 is 5.91 Å². The molecule has 1 amide bonds. The molecule has 1 aromatic heterocycles. The number of rotatable bonds is 6. The molecule has 32 heavy (non-hydrogen) atoms. The van der Waals surface area contributed by atoms with E-state index in [1.807, 2.05) is 0 Å². The first kappa shape index (κ1) is 21.6. The van der Waals surface area contributed by atoms with Crippen LogP contribution in [-0.4, -0.2) is 76.3 Å². The summed E-state index contributed by atoms with van der Waals surface area (Å²) >= 11 is 0. The zero-order valence-corrected chi connectivity index (χ0v) is 17.7. The van der Waals surface area contributed by atoms with Crippen molar-refractivity contribution in [1.82, 2.24) is 30.0 Å². The van der Waals surface area contributed by atoms with Crippen LogP contribution in [0.4, 0.5) is 8.78 Å². The van der Waals surface area contributed by atoms with Crippen LogP contribution in [-0.2, 0) is 6.54 Å². The third-order valence-electron chi connectivity index (χ3n) is 5.35. The lowest BCUT2D eigenvalue weighted by atomic mass is 10.1. The van der Waals surface area contributed by atoms with Crippen LogP contribution in [0, 0.1) is 11.6 Å². The van der Waals surface area contributed by atoms with Crippen LogP contribution in [0.3, 0.4) is 0 Å². The largest absolute Gasteiger partial charge is 0.497 e. The molecular weight excluding hydrogens is 422 g/mol. The molecule has 0 atom stereocenters. The Balaban J connectivity index is 1.41. The van der Waals surface area contributed by atoms with Crippen molar-refractivity contribution in [2.24, 2.45) is 0 Å². The number of halogens is 2. The number of ether oxygens (including phenoxy) is 2. The van der Waals surface area contributed by atoms with Crippen LogP contribution in [0.2, 0.25) is 0 Å². The quantitative estimate of drug-likeness (QED) is 0.574. The van der Waals surface area contributed by atoms with Gasteiger partial charge in [-0.05, 0) is 34.7 Å². The van der Waals surface area contributed by atoms with Gasteiger partial charge in [0, 0.05) is 38.3 Å². The maximum atomic E-state index is 13.6. The van der Waals surface area contributed by atoms with Gasteiger partial charge in [-0.2, -0.15) is 4.68 Å². The predicted octanol–water partition coefficient (Wildman–Crippen LogP) is 1.92. The van der Waals surface area contributed by atoms with Crippen LogP contribution < -0.4 is 9.47 Å². The van der Waals surface area contributed by atoms with Crippen LogP contribution in [0.5, 0.6) is 11.5 Å². The summed E-state index contributed by atoms with van der Waals surface area (Å²) in [7, 11) is 3.07. The number of aromatic nitrogens is 4. The fourth-order valence-corrected chi connectivity index (χ4v) is 3.58. The third-order valence-corrected chi connectivity index (χ3v) is 5.35. The summed E-state index contributed by atoms with van der Waals surface area (Å²) in [5.41, 5.74) is 0.813. The molecule has 9 nitrogen and oxygen atoms in total. The highest BCUT2D eigenvalue weighted by Gasteiger charge is 2.25. The summed E-state index contributed by atoms with van der Waals surface area (Å²) in [6.45, 7) is 2.64. The number of hydrogen-bond acceptors (Lipinski definition) is 7. The third kappa shape index (κ3) is 4.37. The lowest BCUT2D eigenvalue weighted by Gasteiger charge is -2.34. The number of benzene rings is 2. The minimum absolute atomic E-state index is 0.115. The number of methoxy groups -OCH3 is 2. The van der Waals surface area contributed by atoms with Crippen molar-refractivity contribution < 1.29 is 23.0 Å². The molecule has 1 aliphatic heterocycles. The van der Waals surface area contributed by atoms with Gasteiger partial charge in [-0.1, -0.05) is 0 Å². The number of nitrogens with zero attached hydrogens (tertiary/aromatic N) is 6. The number of carbonyl (C=O) groups excluding carboxylic acids is 1. The van der Waals surface area contributed by atoms with Gasteiger partial charge in [0.25, 0.3) is 5.91 Å². The first-order valence-electron chi connectivity index (χ1n) is 9.96. The second-order valence-corrected chi connectivity index (χ2v) is 7.24. The Hall–Kier alpha value is -3.60. The average Bonchev–Trinajstić information content (AvgIpc) is 3.28. The zero-order chi connectivity index (χ0) is 22.7. The Morgan fingerprint density at radius 2 is 1.78 bits per heavy atom. The molecule has 168 valence electrons. The first-order chi connectivity index (χ1) is 15.5. The summed E-state index contributed by atoms with van der Waals surface area (Å²) < 4.78 is 38.7. The summed E-state index contributed by atoms with van der Waals surface area (Å²) in [5, 5.41) is 11.6. The van der Waals surface area contributed by atoms with E-state index in [0.29, 0.717) is 61.3 Å². The van der Waals surface area contributed by atoms with Crippen LogP contribution in [0.15, 0.2) is 36.4 Å². The normalized spacial score (nSPS) is 14.4. The van der Waals surface area contributed by atoms with Crippen LogP contribution in [0.1, 0.15) is 16.2 Å². The predicted molar refractivity (Wildman–Crippen MR) is 110 cm³/mol. The summed E-state index contributed by atoms with van der Waals surface area (Å²) in [4.78, 5) is 16.8. The van der Waals surface area contributed by atoms with E-state index in [0.717, 1.165) is 12.1 Å². The second-order valence-electron chi connectivity index (χ2n) is 7.24. The summed E-state index contributed by atoms with van der Waals surface area (Å²) in [5.74, 6) is -0.449. The van der Waals surface area contributed by atoms with Crippen molar-refractivity contribution in [3.63, 3.8) is 0 Å². The SMILES string of the molecule is COc1ccc(C(=O)N2CCN(Cc3nnnn3-c3ccc(F)c(F)c3)CC2)c(OC)c1. The molecule has 11 heteroatoms. The van der Waals surface area contributed by atoms with Gasteiger partial charge in [0.2, 0.25) is 0 Å². The summed E-state index contributed by atoms with van der Waals surface area (Å²) in [6.07, 6.45) is 0. The van der Waals surface area contributed by atoms with Gasteiger partial charge in [-0.25, -0.2) is 8.78 Å². The molecule has 0 N–H and O–H groups in total. The van der Waals surface area contributed by atoms with Gasteiger partial charge in [0.05, 0.1) is 32.0 Å². The molecule has 4 rings (SSSR count). The molecule has 1 aliphatic rings. The smallest absolute Gasteiger partial charge is 0.257 e. The molecular formula is C21H22F2N6O3. The van der Waals surface area contributed by atoms with E-state index in [4.69, 9.17) is 9.47 Å². The van der Waals surface area contributed by atoms with Gasteiger partial charge >= 0.3 is 0 Å². The highest BCUT2D eigenvalue weighted by atomic mass is 19.2. The van der Waals surface area contributed by atoms with Crippen molar-refractivity contribution in [2.45, 2.75) is 6.54 Å². The Morgan fingerprint density at radius 3 is 2.47 bits per heavy atom. The van der Waals surface area contributed by atoms with E-state index in [-0.39, 0.29) is 5.91 Å². The number of piperazine rings is 1. The highest BCUT2D eigenvalue weighted by molar-refractivity contribution is 5.97. The molecule has 0 saturated carbocycles. The van der Waals surface area contributed by atoms with Crippen LogP contribution >= 0.6 is 0 Å². The van der Waals surface area contributed by atoms with E-state index in [1.165, 1.54) is 17.9 Å². The van der Waals surface area contributed by atoms with Crippen LogP contribution in [0.25, 0.3) is 5.69 Å². The number of amides is 1. The van der Waals surface area contributed by atoms with E-state index in [2.05, 4.69) is 20.4 Å². The van der Waals surface area contributed by atoms with E-state index < -0.39 is 11.6 Å². The summed E-state index contributed by atoms with van der Waals surface area (Å²) in [6, 6.07) is 8.60. The Bertz CT molecular complexity index is 1110. The molecule has 0 aliphatic carbocycles. The van der Waals surface area contributed by atoms with E-state index in [9.17, 15) is 13.6 Å². The molecule has 0 bridgehead atoms.